The normalized spacial score (nSPS) is 11.6. The van der Waals surface area contributed by atoms with E-state index in [0.29, 0.717) is 34.9 Å². The van der Waals surface area contributed by atoms with Crippen LogP contribution in [0.4, 0.5) is 4.39 Å². The fourth-order valence-corrected chi connectivity index (χ4v) is 4.14. The van der Waals surface area contributed by atoms with E-state index in [2.05, 4.69) is 22.3 Å². The van der Waals surface area contributed by atoms with E-state index in [4.69, 9.17) is 0 Å². The Balaban J connectivity index is 1.72. The van der Waals surface area contributed by atoms with Crippen molar-refractivity contribution in [2.75, 3.05) is 0 Å². The number of benzene rings is 2. The summed E-state index contributed by atoms with van der Waals surface area (Å²) in [5.41, 5.74) is 1.81. The number of hydrogen-bond donors (Lipinski definition) is 0. The van der Waals surface area contributed by atoms with E-state index >= 15 is 0 Å². The van der Waals surface area contributed by atoms with Crippen LogP contribution in [0.25, 0.3) is 28.3 Å². The van der Waals surface area contributed by atoms with E-state index in [9.17, 15) is 14.0 Å². The largest absolute Gasteiger partial charge is 0.332 e. The lowest BCUT2D eigenvalue weighted by atomic mass is 10.1. The third-order valence-corrected chi connectivity index (χ3v) is 5.77. The van der Waals surface area contributed by atoms with Crippen molar-refractivity contribution in [3.05, 3.63) is 86.8 Å². The molecular weight excluding hydrogens is 411 g/mol. The summed E-state index contributed by atoms with van der Waals surface area (Å²) < 4.78 is 19.5. The molecule has 3 aromatic heterocycles. The Bertz CT molecular complexity index is 1560. The third-order valence-electron chi connectivity index (χ3n) is 5.77. The summed E-state index contributed by atoms with van der Waals surface area (Å²) in [6, 6.07) is 16.0. The third kappa shape index (κ3) is 3.05. The zero-order chi connectivity index (χ0) is 22.4. The number of imidazole rings is 1. The van der Waals surface area contributed by atoms with Gasteiger partial charge < -0.3 is 4.57 Å². The van der Waals surface area contributed by atoms with Crippen molar-refractivity contribution in [1.29, 1.82) is 0 Å². The van der Waals surface area contributed by atoms with Crippen molar-refractivity contribution in [2.24, 2.45) is 14.1 Å². The van der Waals surface area contributed by atoms with Crippen molar-refractivity contribution in [1.82, 2.24) is 28.3 Å². The van der Waals surface area contributed by atoms with Gasteiger partial charge in [-0.25, -0.2) is 13.6 Å². The van der Waals surface area contributed by atoms with Gasteiger partial charge in [0.1, 0.15) is 5.82 Å². The second-order valence-corrected chi connectivity index (χ2v) is 7.78. The first kappa shape index (κ1) is 19.9. The average molecular weight is 432 g/mol. The van der Waals surface area contributed by atoms with Crippen LogP contribution in [0.3, 0.4) is 0 Å². The van der Waals surface area contributed by atoms with Crippen LogP contribution >= 0.6 is 0 Å². The Morgan fingerprint density at radius 1 is 0.906 bits per heavy atom. The first-order chi connectivity index (χ1) is 15.5. The molecule has 5 rings (SSSR count). The number of halogens is 1. The molecule has 3 heterocycles. The molecule has 0 fully saturated rings. The summed E-state index contributed by atoms with van der Waals surface area (Å²) in [4.78, 5) is 25.8. The van der Waals surface area contributed by atoms with Crippen LogP contribution in [-0.4, -0.2) is 28.3 Å². The number of fused-ring (bicyclic) bond motifs is 3. The molecule has 0 atom stereocenters. The molecule has 0 aliphatic heterocycles. The van der Waals surface area contributed by atoms with Gasteiger partial charge >= 0.3 is 5.69 Å². The lowest BCUT2D eigenvalue weighted by Crippen LogP contribution is -2.37. The minimum atomic E-state index is -0.440. The van der Waals surface area contributed by atoms with Gasteiger partial charge in [-0.05, 0) is 42.7 Å². The molecule has 162 valence electrons. The lowest BCUT2D eigenvalue weighted by Gasteiger charge is -2.08. The van der Waals surface area contributed by atoms with Crippen molar-refractivity contribution < 1.29 is 4.39 Å². The van der Waals surface area contributed by atoms with Crippen molar-refractivity contribution >= 4 is 16.9 Å². The number of aryl methyl sites for hydroxylation is 3. The SMILES string of the molecule is Cn1c(=O)c2c(n(C)c1=O)n1c(-c3ccc(F)cc3)nnc1n2CCCc1ccccc1. The lowest BCUT2D eigenvalue weighted by molar-refractivity contribution is 0.628. The average Bonchev–Trinajstić information content (AvgIpc) is 3.36. The summed E-state index contributed by atoms with van der Waals surface area (Å²) in [6.45, 7) is 0.525. The van der Waals surface area contributed by atoms with Crippen LogP contribution in [-0.2, 0) is 27.1 Å². The fourth-order valence-electron chi connectivity index (χ4n) is 4.14. The van der Waals surface area contributed by atoms with Gasteiger partial charge in [-0.3, -0.25) is 13.9 Å². The molecule has 5 aromatic rings. The first-order valence-electron chi connectivity index (χ1n) is 10.3. The summed E-state index contributed by atoms with van der Waals surface area (Å²) in [6.07, 6.45) is 1.60. The number of aromatic nitrogens is 6. The molecule has 0 aliphatic rings. The molecule has 0 bridgehead atoms. The maximum absolute atomic E-state index is 13.5. The van der Waals surface area contributed by atoms with Gasteiger partial charge in [0, 0.05) is 26.2 Å². The molecule has 0 unspecified atom stereocenters. The maximum Gasteiger partial charge on any atom is 0.332 e. The zero-order valence-electron chi connectivity index (χ0n) is 17.7. The highest BCUT2D eigenvalue weighted by Gasteiger charge is 2.23. The standard InChI is InChI=1S/C23H21FN6O2/c1-27-20-18(21(31)28(2)23(27)32)29(14-6-9-15-7-4-3-5-8-15)22-26-25-19(30(20)22)16-10-12-17(24)13-11-16/h3-5,7-8,10-13H,6,9,14H2,1-2H3. The van der Waals surface area contributed by atoms with Crippen molar-refractivity contribution in [2.45, 2.75) is 19.4 Å². The Morgan fingerprint density at radius 3 is 2.34 bits per heavy atom. The van der Waals surface area contributed by atoms with Gasteiger partial charge in [-0.15, -0.1) is 10.2 Å². The highest BCUT2D eigenvalue weighted by molar-refractivity contribution is 5.79. The molecular formula is C23H21FN6O2. The molecule has 32 heavy (non-hydrogen) atoms. The predicted molar refractivity (Wildman–Crippen MR) is 119 cm³/mol. The van der Waals surface area contributed by atoms with Crippen molar-refractivity contribution in [3.8, 4) is 11.4 Å². The van der Waals surface area contributed by atoms with E-state index in [1.807, 2.05) is 22.8 Å². The Morgan fingerprint density at radius 2 is 1.62 bits per heavy atom. The summed E-state index contributed by atoms with van der Waals surface area (Å²) in [5, 5.41) is 8.64. The van der Waals surface area contributed by atoms with Gasteiger partial charge in [0.2, 0.25) is 5.78 Å². The van der Waals surface area contributed by atoms with E-state index in [0.717, 1.165) is 17.4 Å². The molecule has 0 aliphatic carbocycles. The van der Waals surface area contributed by atoms with Gasteiger partial charge in [-0.1, -0.05) is 30.3 Å². The molecule has 2 aromatic carbocycles. The van der Waals surface area contributed by atoms with Crippen LogP contribution in [0, 0.1) is 5.82 Å². The van der Waals surface area contributed by atoms with Crippen LogP contribution in [0.1, 0.15) is 12.0 Å². The molecule has 0 amide bonds. The molecule has 9 heteroatoms. The van der Waals surface area contributed by atoms with E-state index in [1.54, 1.807) is 23.6 Å². The van der Waals surface area contributed by atoms with Gasteiger partial charge in [-0.2, -0.15) is 0 Å². The molecule has 0 spiro atoms. The second-order valence-electron chi connectivity index (χ2n) is 7.78. The first-order valence-corrected chi connectivity index (χ1v) is 10.3. The monoisotopic (exact) mass is 432 g/mol. The van der Waals surface area contributed by atoms with Crippen LogP contribution in [0.2, 0.25) is 0 Å². The quantitative estimate of drug-likeness (QED) is 0.428. The van der Waals surface area contributed by atoms with E-state index < -0.39 is 11.2 Å². The van der Waals surface area contributed by atoms with E-state index in [1.165, 1.54) is 29.3 Å². The highest BCUT2D eigenvalue weighted by atomic mass is 19.1. The molecule has 0 N–H and O–H groups in total. The number of nitrogens with zero attached hydrogens (tertiary/aromatic N) is 6. The zero-order valence-corrected chi connectivity index (χ0v) is 17.7. The minimum Gasteiger partial charge on any atom is -0.302 e. The Hall–Kier alpha value is -4.01. The number of hydrogen-bond acceptors (Lipinski definition) is 4. The maximum atomic E-state index is 13.5. The van der Waals surface area contributed by atoms with Crippen molar-refractivity contribution in [3.63, 3.8) is 0 Å². The van der Waals surface area contributed by atoms with Gasteiger partial charge in [0.15, 0.2) is 17.0 Å². The van der Waals surface area contributed by atoms with Crippen LogP contribution in [0.15, 0.2) is 64.2 Å². The molecule has 8 nitrogen and oxygen atoms in total. The Kier molecular flexibility index (Phi) is 4.73. The molecule has 0 saturated carbocycles. The fraction of sp³-hybridized carbons (Fsp3) is 0.217. The highest BCUT2D eigenvalue weighted by Crippen LogP contribution is 2.25. The summed E-state index contributed by atoms with van der Waals surface area (Å²) in [7, 11) is 3.08. The second kappa shape index (κ2) is 7.60. The van der Waals surface area contributed by atoms with Crippen LogP contribution in [0.5, 0.6) is 0 Å². The minimum absolute atomic E-state index is 0.362. The van der Waals surface area contributed by atoms with Crippen LogP contribution < -0.4 is 11.2 Å². The predicted octanol–water partition coefficient (Wildman–Crippen LogP) is 2.52. The topological polar surface area (TPSA) is 79.1 Å². The Labute approximate surface area is 181 Å². The molecule has 0 saturated heterocycles. The summed E-state index contributed by atoms with van der Waals surface area (Å²) >= 11 is 0. The smallest absolute Gasteiger partial charge is 0.302 e. The summed E-state index contributed by atoms with van der Waals surface area (Å²) in [5.74, 6) is 0.542. The van der Waals surface area contributed by atoms with Gasteiger partial charge in [0.25, 0.3) is 5.56 Å². The molecule has 0 radical (unpaired) electrons. The number of rotatable bonds is 5. The van der Waals surface area contributed by atoms with E-state index in [-0.39, 0.29) is 5.82 Å². The van der Waals surface area contributed by atoms with Gasteiger partial charge in [0.05, 0.1) is 0 Å².